The molecular formula is C14H19ClN4O2S2. The van der Waals surface area contributed by atoms with E-state index >= 15 is 0 Å². The molecule has 0 aliphatic rings. The molecule has 9 heteroatoms. The molecule has 6 nitrogen and oxygen atoms in total. The Morgan fingerprint density at radius 2 is 2.13 bits per heavy atom. The third kappa shape index (κ3) is 4.20. The van der Waals surface area contributed by atoms with Crippen LogP contribution in [0.2, 0.25) is 5.15 Å². The molecule has 2 aromatic heterocycles. The maximum absolute atomic E-state index is 12.3. The topological polar surface area (TPSA) is 75.2 Å². The lowest BCUT2D eigenvalue weighted by Crippen LogP contribution is -2.31. The van der Waals surface area contributed by atoms with Crippen LogP contribution in [0.3, 0.4) is 0 Å². The van der Waals surface area contributed by atoms with Gasteiger partial charge in [-0.05, 0) is 24.8 Å². The van der Waals surface area contributed by atoms with E-state index in [1.807, 2.05) is 6.92 Å². The molecule has 0 aliphatic carbocycles. The molecule has 0 atom stereocenters. The normalized spacial score (nSPS) is 11.9. The van der Waals surface area contributed by atoms with Gasteiger partial charge in [0.05, 0.1) is 0 Å². The zero-order valence-electron chi connectivity index (χ0n) is 13.2. The first kappa shape index (κ1) is 18.1. The second kappa shape index (κ2) is 7.57. The van der Waals surface area contributed by atoms with Crippen LogP contribution in [-0.4, -0.2) is 42.8 Å². The van der Waals surface area contributed by atoms with E-state index in [1.54, 1.807) is 31.5 Å². The Morgan fingerprint density at radius 3 is 2.74 bits per heavy atom. The molecule has 1 N–H and O–H groups in total. The number of rotatable bonds is 7. The van der Waals surface area contributed by atoms with Gasteiger partial charge >= 0.3 is 0 Å². The summed E-state index contributed by atoms with van der Waals surface area (Å²) in [6, 6.07) is 3.33. The molecule has 0 aromatic carbocycles. The Labute approximate surface area is 145 Å². The Kier molecular flexibility index (Phi) is 5.96. The Bertz CT molecular complexity index is 763. The average Bonchev–Trinajstić information content (AvgIpc) is 3.01. The molecule has 0 unspecified atom stereocenters. The van der Waals surface area contributed by atoms with Gasteiger partial charge in [0.2, 0.25) is 0 Å². The van der Waals surface area contributed by atoms with Crippen LogP contribution in [0.15, 0.2) is 21.7 Å². The van der Waals surface area contributed by atoms with Crippen molar-refractivity contribution >= 4 is 38.8 Å². The van der Waals surface area contributed by atoms with Crippen LogP contribution in [0.4, 0.5) is 5.82 Å². The highest BCUT2D eigenvalue weighted by atomic mass is 35.5. The molecule has 2 heterocycles. The monoisotopic (exact) mass is 374 g/mol. The summed E-state index contributed by atoms with van der Waals surface area (Å²) >= 11 is 7.33. The number of thiophene rings is 1. The lowest BCUT2D eigenvalue weighted by molar-refractivity contribution is 0.482. The molecule has 0 bridgehead atoms. The largest absolute Gasteiger partial charge is 0.368 e. The van der Waals surface area contributed by atoms with Crippen molar-refractivity contribution in [3.05, 3.63) is 34.1 Å². The summed E-state index contributed by atoms with van der Waals surface area (Å²) < 4.78 is 26.3. The molecular weight excluding hydrogens is 356 g/mol. The summed E-state index contributed by atoms with van der Waals surface area (Å²) in [5.41, 5.74) is 0.834. The fourth-order valence-electron chi connectivity index (χ4n) is 2.04. The predicted molar refractivity (Wildman–Crippen MR) is 93.8 cm³/mol. The first-order chi connectivity index (χ1) is 10.9. The van der Waals surface area contributed by atoms with Gasteiger partial charge in [-0.15, -0.1) is 11.3 Å². The van der Waals surface area contributed by atoms with Crippen molar-refractivity contribution in [2.45, 2.75) is 24.5 Å². The number of aromatic nitrogens is 2. The van der Waals surface area contributed by atoms with Gasteiger partial charge in [0, 0.05) is 25.7 Å². The standard InChI is InChI=1S/C14H19ClN4O2S2/c1-4-11-13(15)17-10(2)18-14(11)16-7-8-19(3)23(20,21)12-6-5-9-22-12/h5-6,9H,4,7-8H2,1-3H3,(H,16,17,18). The maximum atomic E-state index is 12.3. The van der Waals surface area contributed by atoms with Crippen molar-refractivity contribution < 1.29 is 8.42 Å². The smallest absolute Gasteiger partial charge is 0.252 e. The van der Waals surface area contributed by atoms with Gasteiger partial charge in [0.25, 0.3) is 10.0 Å². The molecule has 2 aromatic rings. The van der Waals surface area contributed by atoms with Crippen LogP contribution in [0, 0.1) is 6.92 Å². The van der Waals surface area contributed by atoms with E-state index in [0.717, 1.165) is 5.56 Å². The molecule has 0 amide bonds. The Balaban J connectivity index is 2.03. The van der Waals surface area contributed by atoms with Crippen LogP contribution in [0.1, 0.15) is 18.3 Å². The summed E-state index contributed by atoms with van der Waals surface area (Å²) in [6.45, 7) is 4.49. The number of likely N-dealkylation sites (N-methyl/N-ethyl adjacent to an activating group) is 1. The minimum Gasteiger partial charge on any atom is -0.368 e. The molecule has 0 spiro atoms. The SMILES string of the molecule is CCc1c(Cl)nc(C)nc1NCCN(C)S(=O)(=O)c1cccs1. The summed E-state index contributed by atoms with van der Waals surface area (Å²) in [6.07, 6.45) is 0.699. The zero-order chi connectivity index (χ0) is 17.0. The van der Waals surface area contributed by atoms with Crippen LogP contribution < -0.4 is 5.32 Å². The number of anilines is 1. The highest BCUT2D eigenvalue weighted by Crippen LogP contribution is 2.22. The van der Waals surface area contributed by atoms with Crippen molar-refractivity contribution in [3.63, 3.8) is 0 Å². The number of halogens is 1. The minimum atomic E-state index is -3.43. The van der Waals surface area contributed by atoms with Crippen molar-refractivity contribution in [3.8, 4) is 0 Å². The van der Waals surface area contributed by atoms with E-state index in [1.165, 1.54) is 15.6 Å². The molecule has 2 rings (SSSR count). The zero-order valence-corrected chi connectivity index (χ0v) is 15.6. The van der Waals surface area contributed by atoms with E-state index in [-0.39, 0.29) is 0 Å². The minimum absolute atomic E-state index is 0.323. The number of aryl methyl sites for hydroxylation is 1. The predicted octanol–water partition coefficient (Wildman–Crippen LogP) is 2.79. The van der Waals surface area contributed by atoms with Crippen LogP contribution in [-0.2, 0) is 16.4 Å². The van der Waals surface area contributed by atoms with E-state index < -0.39 is 10.0 Å². The van der Waals surface area contributed by atoms with Crippen molar-refractivity contribution in [2.24, 2.45) is 0 Å². The number of nitrogens with zero attached hydrogens (tertiary/aromatic N) is 3. The third-order valence-electron chi connectivity index (χ3n) is 3.30. The number of hydrogen-bond acceptors (Lipinski definition) is 6. The Hall–Kier alpha value is -1.22. The summed E-state index contributed by atoms with van der Waals surface area (Å²) in [5, 5.41) is 5.34. The highest BCUT2D eigenvalue weighted by molar-refractivity contribution is 7.91. The van der Waals surface area contributed by atoms with Gasteiger partial charge in [0.15, 0.2) is 0 Å². The lowest BCUT2D eigenvalue weighted by Gasteiger charge is -2.17. The molecule has 0 saturated heterocycles. The third-order valence-corrected chi connectivity index (χ3v) is 6.84. The van der Waals surface area contributed by atoms with E-state index in [2.05, 4.69) is 15.3 Å². The number of sulfonamides is 1. The Morgan fingerprint density at radius 1 is 1.39 bits per heavy atom. The van der Waals surface area contributed by atoms with E-state index in [9.17, 15) is 8.42 Å². The average molecular weight is 375 g/mol. The van der Waals surface area contributed by atoms with Crippen molar-refractivity contribution in [2.75, 3.05) is 25.5 Å². The fraction of sp³-hybridized carbons (Fsp3) is 0.429. The molecule has 23 heavy (non-hydrogen) atoms. The van der Waals surface area contributed by atoms with Crippen molar-refractivity contribution in [1.82, 2.24) is 14.3 Å². The van der Waals surface area contributed by atoms with Gasteiger partial charge < -0.3 is 5.32 Å². The quantitative estimate of drug-likeness (QED) is 0.754. The second-order valence-corrected chi connectivity index (χ2v) is 8.51. The molecule has 126 valence electrons. The molecule has 0 saturated carbocycles. The first-order valence-corrected chi connectivity index (χ1v) is 9.82. The molecule has 0 aliphatic heterocycles. The number of nitrogens with one attached hydrogen (secondary N) is 1. The van der Waals surface area contributed by atoms with Crippen LogP contribution in [0.5, 0.6) is 0 Å². The summed E-state index contributed by atoms with van der Waals surface area (Å²) in [7, 11) is -1.86. The highest BCUT2D eigenvalue weighted by Gasteiger charge is 2.21. The number of hydrogen-bond donors (Lipinski definition) is 1. The first-order valence-electron chi connectivity index (χ1n) is 7.13. The van der Waals surface area contributed by atoms with E-state index in [0.29, 0.717) is 40.5 Å². The van der Waals surface area contributed by atoms with Crippen LogP contribution >= 0.6 is 22.9 Å². The van der Waals surface area contributed by atoms with Gasteiger partial charge in [0.1, 0.15) is 21.0 Å². The maximum Gasteiger partial charge on any atom is 0.252 e. The van der Waals surface area contributed by atoms with Crippen LogP contribution in [0.25, 0.3) is 0 Å². The fourth-order valence-corrected chi connectivity index (χ4v) is 4.75. The van der Waals surface area contributed by atoms with Gasteiger partial charge in [-0.1, -0.05) is 24.6 Å². The van der Waals surface area contributed by atoms with Crippen molar-refractivity contribution in [1.29, 1.82) is 0 Å². The van der Waals surface area contributed by atoms with Gasteiger partial charge in [-0.3, -0.25) is 0 Å². The molecule has 0 radical (unpaired) electrons. The molecule has 0 fully saturated rings. The van der Waals surface area contributed by atoms with Gasteiger partial charge in [-0.25, -0.2) is 18.4 Å². The second-order valence-electron chi connectivity index (χ2n) is 4.93. The van der Waals surface area contributed by atoms with Gasteiger partial charge in [-0.2, -0.15) is 4.31 Å². The summed E-state index contributed by atoms with van der Waals surface area (Å²) in [5.74, 6) is 1.24. The van der Waals surface area contributed by atoms with E-state index in [4.69, 9.17) is 11.6 Å². The summed E-state index contributed by atoms with van der Waals surface area (Å²) in [4.78, 5) is 8.47. The lowest BCUT2D eigenvalue weighted by atomic mass is 10.2.